The Morgan fingerprint density at radius 2 is 2.16 bits per heavy atom. The van der Waals surface area contributed by atoms with Gasteiger partial charge in [0.05, 0.1) is 0 Å². The molecule has 19 heavy (non-hydrogen) atoms. The largest absolute Gasteiger partial charge is 0.331 e. The lowest BCUT2D eigenvalue weighted by molar-refractivity contribution is 0.589. The van der Waals surface area contributed by atoms with E-state index in [1.165, 1.54) is 11.1 Å². The standard InChI is InChI=1S/C16H23N3/c1-4-9-19-10-8-17-16(19)15-7-5-6-14(11-15)12-18-13(2)3/h5-8,10-11,13,18H,4,9,12H2,1-3H3. The molecule has 1 N–H and O–H groups in total. The van der Waals surface area contributed by atoms with Gasteiger partial charge in [0.15, 0.2) is 0 Å². The molecule has 0 saturated carbocycles. The fourth-order valence-corrected chi connectivity index (χ4v) is 2.13. The Morgan fingerprint density at radius 3 is 2.89 bits per heavy atom. The van der Waals surface area contributed by atoms with Crippen molar-refractivity contribution < 1.29 is 0 Å². The molecule has 0 atom stereocenters. The third-order valence-electron chi connectivity index (χ3n) is 3.08. The van der Waals surface area contributed by atoms with Crippen LogP contribution in [0.5, 0.6) is 0 Å². The first-order valence-electron chi connectivity index (χ1n) is 7.04. The highest BCUT2D eigenvalue weighted by Gasteiger charge is 2.06. The fraction of sp³-hybridized carbons (Fsp3) is 0.438. The summed E-state index contributed by atoms with van der Waals surface area (Å²) < 4.78 is 2.22. The number of hydrogen-bond acceptors (Lipinski definition) is 2. The van der Waals surface area contributed by atoms with Crippen molar-refractivity contribution in [3.63, 3.8) is 0 Å². The maximum absolute atomic E-state index is 4.48. The van der Waals surface area contributed by atoms with Gasteiger partial charge in [-0.05, 0) is 18.1 Å². The monoisotopic (exact) mass is 257 g/mol. The van der Waals surface area contributed by atoms with Crippen LogP contribution in [0.15, 0.2) is 36.7 Å². The van der Waals surface area contributed by atoms with Gasteiger partial charge in [-0.15, -0.1) is 0 Å². The van der Waals surface area contributed by atoms with E-state index >= 15 is 0 Å². The summed E-state index contributed by atoms with van der Waals surface area (Å²) in [5.41, 5.74) is 2.50. The lowest BCUT2D eigenvalue weighted by atomic mass is 10.1. The first-order chi connectivity index (χ1) is 9.20. The molecule has 2 rings (SSSR count). The zero-order valence-corrected chi connectivity index (χ0v) is 12.1. The molecule has 0 spiro atoms. The molecule has 0 saturated heterocycles. The third-order valence-corrected chi connectivity index (χ3v) is 3.08. The quantitative estimate of drug-likeness (QED) is 0.859. The van der Waals surface area contributed by atoms with Crippen LogP contribution in [-0.4, -0.2) is 15.6 Å². The van der Waals surface area contributed by atoms with E-state index in [0.717, 1.165) is 25.3 Å². The predicted octanol–water partition coefficient (Wildman–Crippen LogP) is 3.46. The SMILES string of the molecule is CCCn1ccnc1-c1cccc(CNC(C)C)c1. The van der Waals surface area contributed by atoms with Gasteiger partial charge in [0.25, 0.3) is 0 Å². The number of nitrogens with zero attached hydrogens (tertiary/aromatic N) is 2. The molecule has 0 aliphatic heterocycles. The Morgan fingerprint density at radius 1 is 1.32 bits per heavy atom. The lowest BCUT2D eigenvalue weighted by Crippen LogP contribution is -2.21. The number of imidazole rings is 1. The summed E-state index contributed by atoms with van der Waals surface area (Å²) in [6.07, 6.45) is 5.06. The van der Waals surface area contributed by atoms with Crippen molar-refractivity contribution in [3.8, 4) is 11.4 Å². The topological polar surface area (TPSA) is 29.9 Å². The minimum atomic E-state index is 0.505. The van der Waals surface area contributed by atoms with Crippen molar-refractivity contribution in [1.29, 1.82) is 0 Å². The second-order valence-corrected chi connectivity index (χ2v) is 5.18. The van der Waals surface area contributed by atoms with Crippen LogP contribution in [0, 0.1) is 0 Å². The van der Waals surface area contributed by atoms with E-state index in [-0.39, 0.29) is 0 Å². The van der Waals surface area contributed by atoms with Crippen molar-refractivity contribution in [2.45, 2.75) is 46.3 Å². The van der Waals surface area contributed by atoms with Crippen molar-refractivity contribution in [1.82, 2.24) is 14.9 Å². The molecule has 2 aromatic rings. The number of aryl methyl sites for hydroxylation is 1. The van der Waals surface area contributed by atoms with Gasteiger partial charge in [-0.2, -0.15) is 0 Å². The van der Waals surface area contributed by atoms with Crippen LogP contribution in [0.1, 0.15) is 32.8 Å². The summed E-state index contributed by atoms with van der Waals surface area (Å²) in [4.78, 5) is 4.48. The molecule has 102 valence electrons. The predicted molar refractivity (Wildman–Crippen MR) is 79.9 cm³/mol. The Kier molecular flexibility index (Phi) is 4.74. The molecule has 1 aromatic carbocycles. The van der Waals surface area contributed by atoms with Gasteiger partial charge in [0.1, 0.15) is 5.82 Å². The van der Waals surface area contributed by atoms with Gasteiger partial charge in [0, 0.05) is 37.1 Å². The van der Waals surface area contributed by atoms with Crippen LogP contribution in [-0.2, 0) is 13.1 Å². The molecule has 0 amide bonds. The highest BCUT2D eigenvalue weighted by atomic mass is 15.1. The van der Waals surface area contributed by atoms with Crippen molar-refractivity contribution in [2.24, 2.45) is 0 Å². The molecule has 1 aromatic heterocycles. The summed E-state index contributed by atoms with van der Waals surface area (Å²) in [6.45, 7) is 8.44. The highest BCUT2D eigenvalue weighted by molar-refractivity contribution is 5.56. The van der Waals surface area contributed by atoms with Gasteiger partial charge < -0.3 is 9.88 Å². The zero-order chi connectivity index (χ0) is 13.7. The van der Waals surface area contributed by atoms with Gasteiger partial charge in [-0.3, -0.25) is 0 Å². The molecule has 3 heteroatoms. The van der Waals surface area contributed by atoms with E-state index in [1.54, 1.807) is 0 Å². The highest BCUT2D eigenvalue weighted by Crippen LogP contribution is 2.19. The summed E-state index contributed by atoms with van der Waals surface area (Å²) in [6, 6.07) is 9.13. The minimum absolute atomic E-state index is 0.505. The van der Waals surface area contributed by atoms with Gasteiger partial charge in [-0.25, -0.2) is 4.98 Å². The summed E-state index contributed by atoms with van der Waals surface area (Å²) in [5.74, 6) is 1.06. The van der Waals surface area contributed by atoms with E-state index in [0.29, 0.717) is 6.04 Å². The average molecular weight is 257 g/mol. The molecule has 3 nitrogen and oxygen atoms in total. The molecule has 1 heterocycles. The molecule has 0 radical (unpaired) electrons. The lowest BCUT2D eigenvalue weighted by Gasteiger charge is -2.10. The first-order valence-corrected chi connectivity index (χ1v) is 7.04. The van der Waals surface area contributed by atoms with Crippen LogP contribution in [0.2, 0.25) is 0 Å². The van der Waals surface area contributed by atoms with Crippen LogP contribution >= 0.6 is 0 Å². The maximum Gasteiger partial charge on any atom is 0.139 e. The van der Waals surface area contributed by atoms with Crippen LogP contribution in [0.4, 0.5) is 0 Å². The van der Waals surface area contributed by atoms with E-state index in [1.807, 2.05) is 6.20 Å². The second-order valence-electron chi connectivity index (χ2n) is 5.18. The average Bonchev–Trinajstić information content (AvgIpc) is 2.85. The Bertz CT molecular complexity index is 514. The number of aromatic nitrogens is 2. The van der Waals surface area contributed by atoms with Crippen molar-refractivity contribution in [3.05, 3.63) is 42.2 Å². The second kappa shape index (κ2) is 6.53. The molecule has 0 bridgehead atoms. The number of benzene rings is 1. The van der Waals surface area contributed by atoms with Gasteiger partial charge in [-0.1, -0.05) is 39.0 Å². The molecule has 0 fully saturated rings. The Labute approximate surface area is 115 Å². The Hall–Kier alpha value is -1.61. The first kappa shape index (κ1) is 13.8. The Balaban J connectivity index is 2.20. The van der Waals surface area contributed by atoms with Gasteiger partial charge >= 0.3 is 0 Å². The number of nitrogens with one attached hydrogen (secondary N) is 1. The molecular weight excluding hydrogens is 234 g/mol. The number of rotatable bonds is 6. The van der Waals surface area contributed by atoms with Crippen LogP contribution in [0.3, 0.4) is 0 Å². The fourth-order valence-electron chi connectivity index (χ4n) is 2.13. The van der Waals surface area contributed by atoms with E-state index in [4.69, 9.17) is 0 Å². The van der Waals surface area contributed by atoms with Gasteiger partial charge in [0.2, 0.25) is 0 Å². The normalized spacial score (nSPS) is 11.2. The zero-order valence-electron chi connectivity index (χ0n) is 12.1. The molecule has 0 aliphatic rings. The van der Waals surface area contributed by atoms with Crippen molar-refractivity contribution >= 4 is 0 Å². The van der Waals surface area contributed by atoms with E-state index in [2.05, 4.69) is 66.1 Å². The van der Waals surface area contributed by atoms with Crippen LogP contribution < -0.4 is 5.32 Å². The van der Waals surface area contributed by atoms with Crippen LogP contribution in [0.25, 0.3) is 11.4 Å². The molecular formula is C16H23N3. The smallest absolute Gasteiger partial charge is 0.139 e. The van der Waals surface area contributed by atoms with E-state index < -0.39 is 0 Å². The summed E-state index contributed by atoms with van der Waals surface area (Å²) in [5, 5.41) is 3.45. The minimum Gasteiger partial charge on any atom is -0.331 e. The summed E-state index contributed by atoms with van der Waals surface area (Å²) in [7, 11) is 0. The van der Waals surface area contributed by atoms with Crippen molar-refractivity contribution in [2.75, 3.05) is 0 Å². The maximum atomic E-state index is 4.48. The number of hydrogen-bond donors (Lipinski definition) is 1. The van der Waals surface area contributed by atoms with E-state index in [9.17, 15) is 0 Å². The summed E-state index contributed by atoms with van der Waals surface area (Å²) >= 11 is 0. The molecule has 0 unspecified atom stereocenters. The molecule has 0 aliphatic carbocycles. The third kappa shape index (κ3) is 3.67.